The van der Waals surface area contributed by atoms with E-state index in [0.29, 0.717) is 13.0 Å². The summed E-state index contributed by atoms with van der Waals surface area (Å²) in [5, 5.41) is 13.8. The molecule has 3 N–H and O–H groups in total. The van der Waals surface area contributed by atoms with E-state index in [1.165, 1.54) is 0 Å². The van der Waals surface area contributed by atoms with Crippen molar-refractivity contribution in [1.29, 1.82) is 0 Å². The summed E-state index contributed by atoms with van der Waals surface area (Å²) in [6.45, 7) is 0.391. The Morgan fingerprint density at radius 1 is 1.10 bits per heavy atom. The Balaban J connectivity index is 1.97. The van der Waals surface area contributed by atoms with E-state index in [1.54, 1.807) is 18.3 Å². The van der Waals surface area contributed by atoms with Crippen LogP contribution in [0.25, 0.3) is 5.82 Å². The highest BCUT2D eigenvalue weighted by Gasteiger charge is 2.10. The predicted molar refractivity (Wildman–Crippen MR) is 80.2 cm³/mol. The molecule has 0 fully saturated rings. The average Bonchev–Trinajstić information content (AvgIpc) is 2.93. The maximum Gasteiger partial charge on any atom is 0.153 e. The molecule has 0 aliphatic carbocycles. The van der Waals surface area contributed by atoms with E-state index >= 15 is 0 Å². The number of rotatable bonds is 4. The van der Waals surface area contributed by atoms with Gasteiger partial charge in [-0.1, -0.05) is 18.2 Å². The van der Waals surface area contributed by atoms with Gasteiger partial charge in [-0.3, -0.25) is 0 Å². The Kier molecular flexibility index (Phi) is 3.66. The highest BCUT2D eigenvalue weighted by Crippen LogP contribution is 2.17. The minimum absolute atomic E-state index is 0.264. The summed E-state index contributed by atoms with van der Waals surface area (Å²) in [4.78, 5) is 4.33. The van der Waals surface area contributed by atoms with Crippen molar-refractivity contribution in [3.8, 4) is 11.6 Å². The third kappa shape index (κ3) is 2.93. The van der Waals surface area contributed by atoms with E-state index in [2.05, 4.69) is 10.1 Å². The number of nitrogens with zero attached hydrogens (tertiary/aromatic N) is 3. The van der Waals surface area contributed by atoms with E-state index in [1.807, 2.05) is 41.1 Å². The second-order valence-electron chi connectivity index (χ2n) is 4.77. The van der Waals surface area contributed by atoms with Gasteiger partial charge in [0.05, 0.1) is 11.4 Å². The fourth-order valence-electron chi connectivity index (χ4n) is 2.20. The molecule has 5 nitrogen and oxygen atoms in total. The molecule has 0 spiro atoms. The molecule has 106 valence electrons. The van der Waals surface area contributed by atoms with E-state index in [-0.39, 0.29) is 5.75 Å². The Hall–Kier alpha value is -2.66. The first-order valence-corrected chi connectivity index (χ1v) is 6.73. The third-order valence-corrected chi connectivity index (χ3v) is 3.23. The van der Waals surface area contributed by atoms with Crippen molar-refractivity contribution in [1.82, 2.24) is 14.8 Å². The van der Waals surface area contributed by atoms with Crippen molar-refractivity contribution < 1.29 is 5.11 Å². The summed E-state index contributed by atoms with van der Waals surface area (Å²) >= 11 is 0. The zero-order valence-corrected chi connectivity index (χ0v) is 11.5. The SMILES string of the molecule is NCc1cc(Cc2ccc(O)cc2)n(-c2ccccn2)n1. The number of phenolic OH excluding ortho intramolecular Hbond substituents is 1. The van der Waals surface area contributed by atoms with Gasteiger partial charge in [-0.2, -0.15) is 5.10 Å². The molecule has 0 bridgehead atoms. The van der Waals surface area contributed by atoms with Gasteiger partial charge in [0, 0.05) is 19.2 Å². The molecule has 1 aromatic carbocycles. The number of nitrogens with two attached hydrogens (primary N) is 1. The number of pyridine rings is 1. The lowest BCUT2D eigenvalue weighted by Crippen LogP contribution is -2.05. The molecule has 5 heteroatoms. The van der Waals surface area contributed by atoms with Gasteiger partial charge in [0.1, 0.15) is 5.75 Å². The van der Waals surface area contributed by atoms with Crippen LogP contribution in [0.3, 0.4) is 0 Å². The summed E-state index contributed by atoms with van der Waals surface area (Å²) in [7, 11) is 0. The summed E-state index contributed by atoms with van der Waals surface area (Å²) in [6, 6.07) is 14.9. The van der Waals surface area contributed by atoms with Crippen LogP contribution in [0.5, 0.6) is 5.75 Å². The summed E-state index contributed by atoms with van der Waals surface area (Å²) in [5.74, 6) is 1.03. The number of hydrogen-bond acceptors (Lipinski definition) is 4. The molecule has 0 saturated heterocycles. The molecule has 2 aromatic heterocycles. The van der Waals surface area contributed by atoms with Gasteiger partial charge < -0.3 is 10.8 Å². The van der Waals surface area contributed by atoms with Crippen LogP contribution in [-0.4, -0.2) is 19.9 Å². The first kappa shape index (κ1) is 13.3. The minimum atomic E-state index is 0.264. The topological polar surface area (TPSA) is 77.0 Å². The fourth-order valence-corrected chi connectivity index (χ4v) is 2.20. The standard InChI is InChI=1S/C16H16N4O/c17-11-13-10-14(9-12-4-6-15(21)7-5-12)20(19-13)16-3-1-2-8-18-16/h1-8,10,21H,9,11,17H2. The largest absolute Gasteiger partial charge is 0.508 e. The van der Waals surface area contributed by atoms with Crippen molar-refractivity contribution >= 4 is 0 Å². The van der Waals surface area contributed by atoms with Crippen LogP contribution >= 0.6 is 0 Å². The van der Waals surface area contributed by atoms with Crippen LogP contribution in [0.2, 0.25) is 0 Å². The normalized spacial score (nSPS) is 10.7. The molecule has 0 saturated carbocycles. The van der Waals surface area contributed by atoms with Gasteiger partial charge in [0.25, 0.3) is 0 Å². The van der Waals surface area contributed by atoms with E-state index in [4.69, 9.17) is 5.73 Å². The van der Waals surface area contributed by atoms with Gasteiger partial charge in [0.2, 0.25) is 0 Å². The number of aromatic nitrogens is 3. The number of phenols is 1. The molecule has 0 aliphatic rings. The lowest BCUT2D eigenvalue weighted by atomic mass is 10.1. The summed E-state index contributed by atoms with van der Waals surface area (Å²) < 4.78 is 1.81. The van der Waals surface area contributed by atoms with E-state index < -0.39 is 0 Å². The molecule has 21 heavy (non-hydrogen) atoms. The van der Waals surface area contributed by atoms with Crippen molar-refractivity contribution in [2.24, 2.45) is 5.73 Å². The molecule has 0 amide bonds. The maximum atomic E-state index is 9.35. The number of hydrogen-bond donors (Lipinski definition) is 2. The van der Waals surface area contributed by atoms with Crippen molar-refractivity contribution in [3.05, 3.63) is 71.7 Å². The lowest BCUT2D eigenvalue weighted by Gasteiger charge is -2.06. The maximum absolute atomic E-state index is 9.35. The molecule has 3 aromatic rings. The summed E-state index contributed by atoms with van der Waals surface area (Å²) in [6.07, 6.45) is 2.44. The van der Waals surface area contributed by atoms with Crippen LogP contribution < -0.4 is 5.73 Å². The van der Waals surface area contributed by atoms with Gasteiger partial charge in [-0.05, 0) is 35.9 Å². The molecular formula is C16H16N4O. The Morgan fingerprint density at radius 3 is 2.57 bits per heavy atom. The smallest absolute Gasteiger partial charge is 0.153 e. The van der Waals surface area contributed by atoms with Gasteiger partial charge in [-0.15, -0.1) is 0 Å². The van der Waals surface area contributed by atoms with Gasteiger partial charge in [0.15, 0.2) is 5.82 Å². The quantitative estimate of drug-likeness (QED) is 0.766. The van der Waals surface area contributed by atoms with Gasteiger partial charge in [-0.25, -0.2) is 9.67 Å². The highest BCUT2D eigenvalue weighted by atomic mass is 16.3. The Bertz CT molecular complexity index is 720. The molecule has 0 radical (unpaired) electrons. The fraction of sp³-hybridized carbons (Fsp3) is 0.125. The molecule has 3 rings (SSSR count). The Labute approximate surface area is 122 Å². The van der Waals surface area contributed by atoms with Crippen molar-refractivity contribution in [2.45, 2.75) is 13.0 Å². The molecule has 0 unspecified atom stereocenters. The van der Waals surface area contributed by atoms with Crippen LogP contribution in [-0.2, 0) is 13.0 Å². The number of benzene rings is 1. The molecule has 2 heterocycles. The molecule has 0 aliphatic heterocycles. The summed E-state index contributed by atoms with van der Waals surface area (Å²) in [5.41, 5.74) is 8.63. The monoisotopic (exact) mass is 280 g/mol. The highest BCUT2D eigenvalue weighted by molar-refractivity contribution is 5.32. The van der Waals surface area contributed by atoms with Crippen LogP contribution in [0.4, 0.5) is 0 Å². The van der Waals surface area contributed by atoms with Crippen LogP contribution in [0, 0.1) is 0 Å². The molecular weight excluding hydrogens is 264 g/mol. The second kappa shape index (κ2) is 5.76. The first-order valence-electron chi connectivity index (χ1n) is 6.73. The third-order valence-electron chi connectivity index (χ3n) is 3.23. The van der Waals surface area contributed by atoms with E-state index in [0.717, 1.165) is 22.8 Å². The Morgan fingerprint density at radius 2 is 1.90 bits per heavy atom. The number of aromatic hydroxyl groups is 1. The second-order valence-corrected chi connectivity index (χ2v) is 4.77. The van der Waals surface area contributed by atoms with Crippen LogP contribution in [0.15, 0.2) is 54.7 Å². The van der Waals surface area contributed by atoms with Crippen molar-refractivity contribution in [2.75, 3.05) is 0 Å². The minimum Gasteiger partial charge on any atom is -0.508 e. The zero-order valence-electron chi connectivity index (χ0n) is 11.5. The van der Waals surface area contributed by atoms with Crippen LogP contribution in [0.1, 0.15) is 17.0 Å². The van der Waals surface area contributed by atoms with Gasteiger partial charge >= 0.3 is 0 Å². The molecule has 0 atom stereocenters. The lowest BCUT2D eigenvalue weighted by molar-refractivity contribution is 0.475. The zero-order chi connectivity index (χ0) is 14.7. The predicted octanol–water partition coefficient (Wildman–Crippen LogP) is 2.02. The first-order chi connectivity index (χ1) is 10.3. The van der Waals surface area contributed by atoms with Crippen molar-refractivity contribution in [3.63, 3.8) is 0 Å². The van der Waals surface area contributed by atoms with E-state index in [9.17, 15) is 5.11 Å². The average molecular weight is 280 g/mol.